The Kier molecular flexibility index (Phi) is 6.76. The number of amides is 1. The second-order valence-corrected chi connectivity index (χ2v) is 9.81. The van der Waals surface area contributed by atoms with E-state index < -0.39 is 10.0 Å². The number of benzene rings is 2. The second kappa shape index (κ2) is 9.54. The SMILES string of the molecule is O=C(c1ccc(COc2ccccc2)o1)N1CCN(S(=O)(=O)c2cccc(Cl)c2Cl)CC1. The summed E-state index contributed by atoms with van der Waals surface area (Å²) >= 11 is 12.1. The summed E-state index contributed by atoms with van der Waals surface area (Å²) in [5.74, 6) is 1.11. The molecule has 1 aliphatic rings. The van der Waals surface area contributed by atoms with Crippen molar-refractivity contribution in [1.82, 2.24) is 9.21 Å². The maximum absolute atomic E-state index is 12.9. The molecule has 0 atom stereocenters. The van der Waals surface area contributed by atoms with Gasteiger partial charge in [-0.3, -0.25) is 4.79 Å². The van der Waals surface area contributed by atoms with Crippen molar-refractivity contribution in [2.45, 2.75) is 11.5 Å². The van der Waals surface area contributed by atoms with E-state index in [1.807, 2.05) is 30.3 Å². The maximum atomic E-state index is 12.9. The molecular formula is C22H20Cl2N2O5S. The Bertz CT molecular complexity index is 1210. The second-order valence-electron chi connectivity index (χ2n) is 7.12. The fourth-order valence-electron chi connectivity index (χ4n) is 3.35. The van der Waals surface area contributed by atoms with Crippen LogP contribution in [0.1, 0.15) is 16.3 Å². The summed E-state index contributed by atoms with van der Waals surface area (Å²) in [6.07, 6.45) is 0. The molecule has 0 spiro atoms. The molecule has 32 heavy (non-hydrogen) atoms. The number of ether oxygens (including phenoxy) is 1. The molecule has 168 valence electrons. The first-order valence-electron chi connectivity index (χ1n) is 9.86. The van der Waals surface area contributed by atoms with Crippen LogP contribution in [0.3, 0.4) is 0 Å². The van der Waals surface area contributed by atoms with Gasteiger partial charge < -0.3 is 14.1 Å². The van der Waals surface area contributed by atoms with Gasteiger partial charge in [0.2, 0.25) is 10.0 Å². The highest BCUT2D eigenvalue weighted by Gasteiger charge is 2.32. The molecule has 1 aliphatic heterocycles. The lowest BCUT2D eigenvalue weighted by Gasteiger charge is -2.33. The number of carbonyl (C=O) groups excluding carboxylic acids is 1. The number of carbonyl (C=O) groups is 1. The molecular weight excluding hydrogens is 475 g/mol. The molecule has 1 aromatic heterocycles. The molecule has 0 saturated carbocycles. The van der Waals surface area contributed by atoms with Gasteiger partial charge in [-0.1, -0.05) is 47.5 Å². The van der Waals surface area contributed by atoms with Gasteiger partial charge in [0.15, 0.2) is 5.76 Å². The van der Waals surface area contributed by atoms with Crippen molar-refractivity contribution in [3.63, 3.8) is 0 Å². The number of piperazine rings is 1. The first kappa shape index (κ1) is 22.7. The Morgan fingerprint density at radius 1 is 0.938 bits per heavy atom. The van der Waals surface area contributed by atoms with Gasteiger partial charge in [-0.15, -0.1) is 0 Å². The molecule has 3 aromatic rings. The van der Waals surface area contributed by atoms with Gasteiger partial charge in [-0.05, 0) is 36.4 Å². The van der Waals surface area contributed by atoms with Gasteiger partial charge in [0, 0.05) is 26.2 Å². The van der Waals surface area contributed by atoms with Gasteiger partial charge >= 0.3 is 0 Å². The summed E-state index contributed by atoms with van der Waals surface area (Å²) in [4.78, 5) is 14.3. The standard InChI is InChI=1S/C22H20Cl2N2O5S/c23-18-7-4-8-20(21(18)24)32(28,29)26-13-11-25(12-14-26)22(27)19-10-9-17(31-19)15-30-16-5-2-1-3-6-16/h1-10H,11-15H2. The summed E-state index contributed by atoms with van der Waals surface area (Å²) in [5, 5.41) is 0.167. The van der Waals surface area contributed by atoms with E-state index in [-0.39, 0.29) is 59.4 Å². The lowest BCUT2D eigenvalue weighted by Crippen LogP contribution is -2.50. The minimum Gasteiger partial charge on any atom is -0.486 e. The number of hydrogen-bond donors (Lipinski definition) is 0. The minimum absolute atomic E-state index is 0.00601. The van der Waals surface area contributed by atoms with E-state index in [0.717, 1.165) is 0 Å². The van der Waals surface area contributed by atoms with Gasteiger partial charge in [0.05, 0.1) is 10.0 Å². The molecule has 7 nitrogen and oxygen atoms in total. The van der Waals surface area contributed by atoms with E-state index in [1.54, 1.807) is 17.0 Å². The molecule has 1 amide bonds. The van der Waals surface area contributed by atoms with E-state index in [2.05, 4.69) is 0 Å². The van der Waals surface area contributed by atoms with Crippen LogP contribution in [0.2, 0.25) is 10.0 Å². The topological polar surface area (TPSA) is 80.1 Å². The number of sulfonamides is 1. The molecule has 0 aliphatic carbocycles. The third-order valence-corrected chi connectivity index (χ3v) is 7.93. The van der Waals surface area contributed by atoms with Crippen LogP contribution in [0.25, 0.3) is 0 Å². The Hall–Kier alpha value is -2.52. The van der Waals surface area contributed by atoms with Gasteiger partial charge in [-0.25, -0.2) is 8.42 Å². The first-order valence-corrected chi connectivity index (χ1v) is 12.1. The van der Waals surface area contributed by atoms with Crippen LogP contribution in [0.5, 0.6) is 5.75 Å². The highest BCUT2D eigenvalue weighted by Crippen LogP contribution is 2.31. The predicted octanol–water partition coefficient (Wildman–Crippen LogP) is 4.31. The Balaban J connectivity index is 1.36. The molecule has 1 fully saturated rings. The highest BCUT2D eigenvalue weighted by molar-refractivity contribution is 7.89. The van der Waals surface area contributed by atoms with Crippen LogP contribution in [-0.4, -0.2) is 49.7 Å². The summed E-state index contributed by atoms with van der Waals surface area (Å²) < 4.78 is 38.5. The van der Waals surface area contributed by atoms with E-state index in [9.17, 15) is 13.2 Å². The van der Waals surface area contributed by atoms with Crippen LogP contribution in [0.15, 0.2) is 70.0 Å². The largest absolute Gasteiger partial charge is 0.486 e. The van der Waals surface area contributed by atoms with Crippen molar-refractivity contribution in [3.05, 3.63) is 82.2 Å². The van der Waals surface area contributed by atoms with Gasteiger partial charge in [0.1, 0.15) is 23.0 Å². The minimum atomic E-state index is -3.82. The van der Waals surface area contributed by atoms with Crippen LogP contribution in [0.4, 0.5) is 0 Å². The molecule has 0 N–H and O–H groups in total. The number of halogens is 2. The highest BCUT2D eigenvalue weighted by atomic mass is 35.5. The summed E-state index contributed by atoms with van der Waals surface area (Å²) in [6, 6.07) is 17.1. The van der Waals surface area contributed by atoms with Crippen molar-refractivity contribution >= 4 is 39.1 Å². The van der Waals surface area contributed by atoms with E-state index in [1.165, 1.54) is 22.5 Å². The van der Waals surface area contributed by atoms with Crippen LogP contribution < -0.4 is 4.74 Å². The van der Waals surface area contributed by atoms with E-state index in [0.29, 0.717) is 11.5 Å². The van der Waals surface area contributed by atoms with Crippen LogP contribution in [-0.2, 0) is 16.6 Å². The van der Waals surface area contributed by atoms with Gasteiger partial charge in [-0.2, -0.15) is 4.31 Å². The van der Waals surface area contributed by atoms with Crippen LogP contribution in [0, 0.1) is 0 Å². The molecule has 2 heterocycles. The molecule has 2 aromatic carbocycles. The molecule has 0 bridgehead atoms. The Morgan fingerprint density at radius 2 is 1.66 bits per heavy atom. The zero-order chi connectivity index (χ0) is 22.7. The number of hydrogen-bond acceptors (Lipinski definition) is 5. The van der Waals surface area contributed by atoms with E-state index in [4.69, 9.17) is 32.4 Å². The first-order chi connectivity index (χ1) is 15.4. The predicted molar refractivity (Wildman–Crippen MR) is 121 cm³/mol. The zero-order valence-corrected chi connectivity index (χ0v) is 19.2. The van der Waals surface area contributed by atoms with Crippen molar-refractivity contribution < 1.29 is 22.4 Å². The monoisotopic (exact) mass is 494 g/mol. The van der Waals surface area contributed by atoms with E-state index >= 15 is 0 Å². The molecule has 10 heteroatoms. The van der Waals surface area contributed by atoms with Crippen molar-refractivity contribution in [3.8, 4) is 5.75 Å². The Morgan fingerprint density at radius 3 is 2.38 bits per heavy atom. The third-order valence-electron chi connectivity index (χ3n) is 5.06. The van der Waals surface area contributed by atoms with Crippen molar-refractivity contribution in [2.75, 3.05) is 26.2 Å². The Labute approximate surface area is 196 Å². The molecule has 0 radical (unpaired) electrons. The third kappa shape index (κ3) is 4.78. The summed E-state index contributed by atoms with van der Waals surface area (Å²) in [7, 11) is -3.82. The summed E-state index contributed by atoms with van der Waals surface area (Å²) in [5.41, 5.74) is 0. The maximum Gasteiger partial charge on any atom is 0.289 e. The normalized spacial score (nSPS) is 15.0. The number of nitrogens with zero attached hydrogens (tertiary/aromatic N) is 2. The van der Waals surface area contributed by atoms with Crippen molar-refractivity contribution in [2.24, 2.45) is 0 Å². The fraction of sp³-hybridized carbons (Fsp3) is 0.227. The number of para-hydroxylation sites is 1. The average Bonchev–Trinajstić information content (AvgIpc) is 3.29. The van der Waals surface area contributed by atoms with Crippen LogP contribution >= 0.6 is 23.2 Å². The average molecular weight is 495 g/mol. The number of rotatable bonds is 6. The quantitative estimate of drug-likeness (QED) is 0.509. The van der Waals surface area contributed by atoms with Gasteiger partial charge in [0.25, 0.3) is 5.91 Å². The molecule has 1 saturated heterocycles. The number of furan rings is 1. The zero-order valence-electron chi connectivity index (χ0n) is 16.9. The smallest absolute Gasteiger partial charge is 0.289 e. The summed E-state index contributed by atoms with van der Waals surface area (Å²) in [6.45, 7) is 0.937. The van der Waals surface area contributed by atoms with Crippen molar-refractivity contribution in [1.29, 1.82) is 0 Å². The lowest BCUT2D eigenvalue weighted by molar-refractivity contribution is 0.0662. The molecule has 4 rings (SSSR count). The lowest BCUT2D eigenvalue weighted by atomic mass is 10.3. The molecule has 0 unspecified atom stereocenters. The fourth-order valence-corrected chi connectivity index (χ4v) is 5.51.